The van der Waals surface area contributed by atoms with Gasteiger partial charge >= 0.3 is 0 Å². The van der Waals surface area contributed by atoms with Crippen molar-refractivity contribution in [2.24, 2.45) is 4.99 Å². The van der Waals surface area contributed by atoms with Gasteiger partial charge in [0.25, 0.3) is 0 Å². The molecule has 2 fully saturated rings. The van der Waals surface area contributed by atoms with Gasteiger partial charge in [0.2, 0.25) is 17.8 Å². The van der Waals surface area contributed by atoms with Crippen LogP contribution < -0.4 is 10.6 Å². The van der Waals surface area contributed by atoms with Gasteiger partial charge in [0.1, 0.15) is 23.2 Å². The molecule has 0 aliphatic carbocycles. The van der Waals surface area contributed by atoms with Crippen molar-refractivity contribution in [1.82, 2.24) is 14.8 Å². The predicted molar refractivity (Wildman–Crippen MR) is 145 cm³/mol. The maximum atomic E-state index is 13.5. The number of carbonyl (C=O) groups excluding carboxylic acids is 2. The minimum atomic E-state index is -0.590. The van der Waals surface area contributed by atoms with Crippen LogP contribution in [-0.2, 0) is 9.59 Å². The summed E-state index contributed by atoms with van der Waals surface area (Å²) in [5.41, 5.74) is 2.59. The van der Waals surface area contributed by atoms with Gasteiger partial charge in [-0.1, -0.05) is 6.07 Å². The SMILES string of the molecule is Cc1cc2cc(NC(=NC3CCCCN(CC(=O)N4CCCC4)C3=O)Nc3ncccc3C)ccc2o1. The summed E-state index contributed by atoms with van der Waals surface area (Å²) in [4.78, 5) is 39.2. The Labute approximate surface area is 216 Å². The number of nitrogens with one attached hydrogen (secondary N) is 2. The molecule has 2 amide bonds. The Morgan fingerprint density at radius 1 is 1.08 bits per heavy atom. The van der Waals surface area contributed by atoms with E-state index in [1.54, 1.807) is 11.1 Å². The summed E-state index contributed by atoms with van der Waals surface area (Å²) in [6, 6.07) is 11.1. The molecule has 4 heterocycles. The van der Waals surface area contributed by atoms with Crippen molar-refractivity contribution in [3.05, 3.63) is 53.9 Å². The van der Waals surface area contributed by atoms with E-state index in [2.05, 4.69) is 15.6 Å². The molecule has 0 radical (unpaired) electrons. The summed E-state index contributed by atoms with van der Waals surface area (Å²) in [7, 11) is 0. The highest BCUT2D eigenvalue weighted by Gasteiger charge is 2.30. The van der Waals surface area contributed by atoms with Gasteiger partial charge in [-0.05, 0) is 81.8 Å². The molecule has 1 aromatic carbocycles. The van der Waals surface area contributed by atoms with Crippen LogP contribution in [0.25, 0.3) is 11.0 Å². The first-order valence-corrected chi connectivity index (χ1v) is 13.1. The van der Waals surface area contributed by atoms with Crippen molar-refractivity contribution in [3.8, 4) is 0 Å². The van der Waals surface area contributed by atoms with E-state index in [1.165, 1.54) is 0 Å². The van der Waals surface area contributed by atoms with Crippen LogP contribution in [0.5, 0.6) is 0 Å². The lowest BCUT2D eigenvalue weighted by Gasteiger charge is -2.25. The predicted octanol–water partition coefficient (Wildman–Crippen LogP) is 4.33. The third-order valence-electron chi connectivity index (χ3n) is 6.97. The van der Waals surface area contributed by atoms with Gasteiger partial charge in [-0.15, -0.1) is 0 Å². The fourth-order valence-electron chi connectivity index (χ4n) is 4.96. The summed E-state index contributed by atoms with van der Waals surface area (Å²) in [6.07, 6.45) is 6.13. The minimum absolute atomic E-state index is 0.0276. The first kappa shape index (κ1) is 24.8. The van der Waals surface area contributed by atoms with E-state index >= 15 is 0 Å². The molecule has 2 aliphatic rings. The Hall–Kier alpha value is -3.88. The molecule has 1 unspecified atom stereocenters. The summed E-state index contributed by atoms with van der Waals surface area (Å²) in [5, 5.41) is 7.63. The van der Waals surface area contributed by atoms with E-state index in [1.807, 2.05) is 55.1 Å². The monoisotopic (exact) mass is 502 g/mol. The second kappa shape index (κ2) is 11.0. The quantitative estimate of drug-likeness (QED) is 0.398. The molecular formula is C28H34N6O3. The fourth-order valence-corrected chi connectivity index (χ4v) is 4.96. The van der Waals surface area contributed by atoms with Gasteiger partial charge in [-0.25, -0.2) is 9.98 Å². The van der Waals surface area contributed by atoms with Crippen LogP contribution in [0.3, 0.4) is 0 Å². The molecule has 2 N–H and O–H groups in total. The topological polar surface area (TPSA) is 103 Å². The number of guanidine groups is 1. The third kappa shape index (κ3) is 5.93. The van der Waals surface area contributed by atoms with E-state index in [0.717, 1.165) is 66.8 Å². The smallest absolute Gasteiger partial charge is 0.247 e. The number of amides is 2. The molecule has 3 aromatic rings. The zero-order chi connectivity index (χ0) is 25.8. The molecule has 1 atom stereocenters. The Kier molecular flexibility index (Phi) is 7.39. The molecule has 2 aliphatic heterocycles. The largest absolute Gasteiger partial charge is 0.461 e. The van der Waals surface area contributed by atoms with E-state index in [4.69, 9.17) is 9.41 Å². The highest BCUT2D eigenvalue weighted by atomic mass is 16.3. The zero-order valence-electron chi connectivity index (χ0n) is 21.5. The number of likely N-dealkylation sites (tertiary alicyclic amines) is 2. The Bertz CT molecular complexity index is 1310. The van der Waals surface area contributed by atoms with Crippen molar-refractivity contribution in [3.63, 3.8) is 0 Å². The van der Waals surface area contributed by atoms with Crippen molar-refractivity contribution in [1.29, 1.82) is 0 Å². The molecule has 0 saturated carbocycles. The van der Waals surface area contributed by atoms with Crippen molar-refractivity contribution < 1.29 is 14.0 Å². The molecule has 5 rings (SSSR count). The average molecular weight is 503 g/mol. The van der Waals surface area contributed by atoms with Crippen LogP contribution in [0.15, 0.2) is 52.0 Å². The summed E-state index contributed by atoms with van der Waals surface area (Å²) >= 11 is 0. The van der Waals surface area contributed by atoms with Gasteiger partial charge in [-0.2, -0.15) is 0 Å². The lowest BCUT2D eigenvalue weighted by molar-refractivity contribution is -0.140. The van der Waals surface area contributed by atoms with Gasteiger partial charge in [-0.3, -0.25) is 9.59 Å². The number of fused-ring (bicyclic) bond motifs is 1. The minimum Gasteiger partial charge on any atom is -0.461 e. The normalized spacial score (nSPS) is 18.8. The van der Waals surface area contributed by atoms with Gasteiger partial charge in [0.05, 0.1) is 6.54 Å². The maximum absolute atomic E-state index is 13.5. The average Bonchev–Trinajstić information content (AvgIpc) is 3.51. The second-order valence-corrected chi connectivity index (χ2v) is 9.87. The number of furan rings is 1. The molecule has 2 saturated heterocycles. The number of aryl methyl sites for hydroxylation is 2. The number of hydrogen-bond donors (Lipinski definition) is 2. The number of hydrogen-bond acceptors (Lipinski definition) is 5. The van der Waals surface area contributed by atoms with Gasteiger partial charge < -0.3 is 24.9 Å². The van der Waals surface area contributed by atoms with Crippen LogP contribution in [-0.4, -0.2) is 64.8 Å². The van der Waals surface area contributed by atoms with E-state index < -0.39 is 6.04 Å². The number of nitrogens with zero attached hydrogens (tertiary/aromatic N) is 4. The number of benzene rings is 1. The number of aliphatic imine (C=N–C) groups is 1. The molecule has 9 heteroatoms. The Morgan fingerprint density at radius 3 is 2.70 bits per heavy atom. The van der Waals surface area contributed by atoms with Crippen molar-refractivity contribution in [2.75, 3.05) is 36.8 Å². The second-order valence-electron chi connectivity index (χ2n) is 9.87. The third-order valence-corrected chi connectivity index (χ3v) is 6.97. The number of rotatable bonds is 5. The first-order chi connectivity index (χ1) is 18.0. The van der Waals surface area contributed by atoms with Crippen LogP contribution in [0.4, 0.5) is 11.5 Å². The highest BCUT2D eigenvalue weighted by molar-refractivity contribution is 6.05. The molecule has 37 heavy (non-hydrogen) atoms. The van der Waals surface area contributed by atoms with Crippen molar-refractivity contribution >= 4 is 40.2 Å². The van der Waals surface area contributed by atoms with Crippen molar-refractivity contribution in [2.45, 2.75) is 52.0 Å². The number of pyridine rings is 1. The maximum Gasteiger partial charge on any atom is 0.247 e. The number of carbonyl (C=O) groups is 2. The summed E-state index contributed by atoms with van der Waals surface area (Å²) in [6.45, 7) is 6.15. The molecule has 0 spiro atoms. The standard InChI is InChI=1S/C28H34N6O3/c1-19-8-7-12-29-26(19)32-28(30-22-10-11-24-21(17-22)16-20(2)37-24)31-23-9-3-4-15-34(27(23)36)18-25(35)33-13-5-6-14-33/h7-8,10-12,16-17,23H,3-6,9,13-15,18H2,1-2H3,(H2,29,30,31,32). The van der Waals surface area contributed by atoms with Gasteiger partial charge in [0.15, 0.2) is 0 Å². The molecule has 194 valence electrons. The van der Waals surface area contributed by atoms with E-state index in [-0.39, 0.29) is 18.4 Å². The highest BCUT2D eigenvalue weighted by Crippen LogP contribution is 2.24. The molecule has 9 nitrogen and oxygen atoms in total. The van der Waals surface area contributed by atoms with Gasteiger partial charge in [0, 0.05) is 36.9 Å². The number of aromatic nitrogens is 1. The summed E-state index contributed by atoms with van der Waals surface area (Å²) < 4.78 is 5.70. The first-order valence-electron chi connectivity index (χ1n) is 13.1. The zero-order valence-corrected chi connectivity index (χ0v) is 21.5. The Balaban J connectivity index is 1.40. The number of anilines is 2. The lowest BCUT2D eigenvalue weighted by Crippen LogP contribution is -2.45. The lowest BCUT2D eigenvalue weighted by atomic mass is 10.1. The fraction of sp³-hybridized carbons (Fsp3) is 0.429. The summed E-state index contributed by atoms with van der Waals surface area (Å²) in [5.74, 6) is 1.86. The van der Waals surface area contributed by atoms with Crippen LogP contribution in [0, 0.1) is 13.8 Å². The Morgan fingerprint density at radius 2 is 1.89 bits per heavy atom. The van der Waals surface area contributed by atoms with E-state index in [0.29, 0.717) is 24.7 Å². The molecule has 0 bridgehead atoms. The molecule has 2 aromatic heterocycles. The van der Waals surface area contributed by atoms with E-state index in [9.17, 15) is 9.59 Å². The van der Waals surface area contributed by atoms with Crippen LogP contribution in [0.1, 0.15) is 43.4 Å². The van der Waals surface area contributed by atoms with Crippen LogP contribution in [0.2, 0.25) is 0 Å². The van der Waals surface area contributed by atoms with Crippen LogP contribution >= 0.6 is 0 Å². The molecular weight excluding hydrogens is 468 g/mol.